The molecule has 0 bridgehead atoms. The van der Waals surface area contributed by atoms with Crippen LogP contribution in [0.2, 0.25) is 0 Å². The number of carbonyl (C=O) groups is 2. The van der Waals surface area contributed by atoms with Gasteiger partial charge in [0.1, 0.15) is 6.10 Å². The molecule has 2 aliphatic rings. The lowest BCUT2D eigenvalue weighted by Crippen LogP contribution is -2.43. The Hall–Kier alpha value is -1.86. The fraction of sp³-hybridized carbons (Fsp3) is 0.778. The molecule has 0 heterocycles. The maximum atomic E-state index is 12.6. The monoisotopic (exact) mass is 543 g/mol. The van der Waals surface area contributed by atoms with Crippen LogP contribution in [-0.4, -0.2) is 80.7 Å². The molecule has 2 rings (SSSR count). The van der Waals surface area contributed by atoms with Crippen LogP contribution < -0.4 is 0 Å². The first-order chi connectivity index (χ1) is 18.0. The number of aliphatic hydroxyl groups is 3. The number of fused-ring (bicyclic) bond motifs is 1. The average molecular weight is 544 g/mol. The van der Waals surface area contributed by atoms with Crippen LogP contribution in [0.3, 0.4) is 0 Å². The molecule has 218 valence electrons. The minimum Gasteiger partial charge on any atom is -0.466 e. The van der Waals surface area contributed by atoms with Gasteiger partial charge in [0.2, 0.25) is 0 Å². The van der Waals surface area contributed by atoms with Gasteiger partial charge in [-0.1, -0.05) is 39.0 Å². The molecule has 0 aromatic carbocycles. The number of unbranched alkanes of at least 4 members (excludes halogenated alkanes) is 1. The van der Waals surface area contributed by atoms with E-state index in [2.05, 4.69) is 17.8 Å². The van der Waals surface area contributed by atoms with Crippen LogP contribution >= 0.6 is 0 Å². The quantitative estimate of drug-likeness (QED) is 0.110. The molecular formula is C27H45NO10. The van der Waals surface area contributed by atoms with Gasteiger partial charge in [0.25, 0.3) is 0 Å². The Morgan fingerprint density at radius 1 is 1.16 bits per heavy atom. The van der Waals surface area contributed by atoms with Crippen molar-refractivity contribution >= 4 is 11.9 Å². The zero-order chi connectivity index (χ0) is 28.2. The van der Waals surface area contributed by atoms with Crippen LogP contribution in [-0.2, 0) is 23.9 Å². The molecule has 5 N–H and O–H groups in total. The number of carbonyl (C=O) groups excluding carboxylic acids is 2. The molecule has 8 unspecified atom stereocenters. The average Bonchev–Trinajstić information content (AvgIpc) is 2.84. The number of ether oxygens (including phenoxy) is 2. The summed E-state index contributed by atoms with van der Waals surface area (Å²) in [5, 5.41) is 47.7. The second-order valence-electron chi connectivity index (χ2n) is 10.5. The van der Waals surface area contributed by atoms with E-state index in [1.165, 1.54) is 0 Å². The summed E-state index contributed by atoms with van der Waals surface area (Å²) < 4.78 is 10.9. The molecule has 0 amide bonds. The van der Waals surface area contributed by atoms with Crippen molar-refractivity contribution < 1.29 is 49.6 Å². The van der Waals surface area contributed by atoms with Gasteiger partial charge in [-0.3, -0.25) is 24.8 Å². The number of aliphatic hydroxyl groups excluding tert-OH is 3. The SMILES string of the molecule is CCC(C)C(=O)OC1CC(O)C=C2C=CC(C)C(CCC(O)CC(O)CC(=O)OCCCCON(O)O)C21. The van der Waals surface area contributed by atoms with Crippen molar-refractivity contribution in [3.8, 4) is 0 Å². The van der Waals surface area contributed by atoms with Crippen molar-refractivity contribution in [1.82, 2.24) is 5.39 Å². The predicted molar refractivity (Wildman–Crippen MR) is 135 cm³/mol. The molecule has 0 aromatic rings. The third kappa shape index (κ3) is 10.7. The fourth-order valence-corrected chi connectivity index (χ4v) is 5.11. The molecule has 8 atom stereocenters. The molecule has 11 nitrogen and oxygen atoms in total. The summed E-state index contributed by atoms with van der Waals surface area (Å²) >= 11 is 0. The second kappa shape index (κ2) is 16.3. The van der Waals surface area contributed by atoms with Gasteiger partial charge in [-0.2, -0.15) is 0 Å². The zero-order valence-electron chi connectivity index (χ0n) is 22.6. The lowest BCUT2D eigenvalue weighted by molar-refractivity contribution is -0.492. The van der Waals surface area contributed by atoms with Gasteiger partial charge in [0.15, 0.2) is 0 Å². The summed E-state index contributed by atoms with van der Waals surface area (Å²) in [5.74, 6) is -0.896. The molecule has 0 aliphatic heterocycles. The number of allylic oxidation sites excluding steroid dienone is 2. The minimum absolute atomic E-state index is 0.0290. The van der Waals surface area contributed by atoms with E-state index in [-0.39, 0.29) is 61.1 Å². The summed E-state index contributed by atoms with van der Waals surface area (Å²) in [6.45, 7) is 6.00. The Morgan fingerprint density at radius 3 is 2.55 bits per heavy atom. The van der Waals surface area contributed by atoms with Gasteiger partial charge >= 0.3 is 11.9 Å². The van der Waals surface area contributed by atoms with Crippen LogP contribution in [0.1, 0.15) is 72.1 Å². The van der Waals surface area contributed by atoms with Gasteiger partial charge in [0.05, 0.1) is 49.3 Å². The van der Waals surface area contributed by atoms with Gasteiger partial charge in [0, 0.05) is 12.3 Å². The first-order valence-electron chi connectivity index (χ1n) is 13.6. The largest absolute Gasteiger partial charge is 0.466 e. The van der Waals surface area contributed by atoms with Crippen molar-refractivity contribution in [2.75, 3.05) is 13.2 Å². The smallest absolute Gasteiger partial charge is 0.308 e. The summed E-state index contributed by atoms with van der Waals surface area (Å²) in [5.41, 5.74) is 0.947. The molecule has 0 spiro atoms. The van der Waals surface area contributed by atoms with Crippen LogP contribution in [0.4, 0.5) is 0 Å². The van der Waals surface area contributed by atoms with E-state index in [0.717, 1.165) is 5.57 Å². The van der Waals surface area contributed by atoms with E-state index < -0.39 is 30.4 Å². The van der Waals surface area contributed by atoms with Crippen LogP contribution in [0.25, 0.3) is 0 Å². The van der Waals surface area contributed by atoms with Crippen molar-refractivity contribution in [1.29, 1.82) is 0 Å². The number of hydrogen-bond donors (Lipinski definition) is 5. The highest BCUT2D eigenvalue weighted by Crippen LogP contribution is 2.44. The lowest BCUT2D eigenvalue weighted by Gasteiger charge is -2.43. The second-order valence-corrected chi connectivity index (χ2v) is 10.5. The standard InChI is InChI=1S/C27H45NO10/c1-4-17(2)27(33)38-24-15-21(30)13-19-8-7-18(3)23(26(19)24)10-9-20(29)14-22(31)16-25(32)36-11-5-6-12-37-28(34)35/h7-8,13,17-18,20-24,26,29-31,34-35H,4-6,9-12,14-16H2,1-3H3. The van der Waals surface area contributed by atoms with Gasteiger partial charge < -0.3 is 24.8 Å². The molecule has 0 saturated heterocycles. The molecule has 2 aliphatic carbocycles. The Morgan fingerprint density at radius 2 is 1.87 bits per heavy atom. The summed E-state index contributed by atoms with van der Waals surface area (Å²) in [4.78, 5) is 28.9. The van der Waals surface area contributed by atoms with E-state index in [9.17, 15) is 24.9 Å². The van der Waals surface area contributed by atoms with E-state index in [0.29, 0.717) is 38.5 Å². The number of rotatable bonds is 16. The van der Waals surface area contributed by atoms with Gasteiger partial charge in [-0.25, -0.2) is 0 Å². The highest BCUT2D eigenvalue weighted by Gasteiger charge is 2.42. The summed E-state index contributed by atoms with van der Waals surface area (Å²) in [6, 6.07) is 0. The van der Waals surface area contributed by atoms with Crippen molar-refractivity contribution in [2.24, 2.45) is 23.7 Å². The highest BCUT2D eigenvalue weighted by molar-refractivity contribution is 5.72. The molecule has 11 heteroatoms. The van der Waals surface area contributed by atoms with Crippen molar-refractivity contribution in [3.05, 3.63) is 23.8 Å². The predicted octanol–water partition coefficient (Wildman–Crippen LogP) is 2.69. The number of esters is 2. The third-order valence-electron chi connectivity index (χ3n) is 7.44. The van der Waals surface area contributed by atoms with E-state index >= 15 is 0 Å². The lowest BCUT2D eigenvalue weighted by atomic mass is 9.66. The molecule has 0 saturated carbocycles. The van der Waals surface area contributed by atoms with Crippen LogP contribution in [0.5, 0.6) is 0 Å². The summed E-state index contributed by atoms with van der Waals surface area (Å²) in [7, 11) is 0. The molecule has 0 aromatic heterocycles. The summed E-state index contributed by atoms with van der Waals surface area (Å²) in [6.07, 6.45) is 5.61. The van der Waals surface area contributed by atoms with E-state index in [1.54, 1.807) is 0 Å². The number of hydrogen-bond acceptors (Lipinski definition) is 11. The Kier molecular flexibility index (Phi) is 13.9. The Bertz CT molecular complexity index is 801. The Balaban J connectivity index is 1.84. The maximum Gasteiger partial charge on any atom is 0.308 e. The fourth-order valence-electron chi connectivity index (χ4n) is 5.11. The normalized spacial score (nSPS) is 27.3. The first-order valence-corrected chi connectivity index (χ1v) is 13.6. The maximum absolute atomic E-state index is 12.6. The first kappa shape index (κ1) is 32.4. The van der Waals surface area contributed by atoms with Gasteiger partial charge in [-0.15, -0.1) is 0 Å². The van der Waals surface area contributed by atoms with Crippen molar-refractivity contribution in [3.63, 3.8) is 0 Å². The number of nitrogens with zero attached hydrogens (tertiary/aromatic N) is 1. The molecule has 0 radical (unpaired) electrons. The highest BCUT2D eigenvalue weighted by atomic mass is 17.1. The van der Waals surface area contributed by atoms with Crippen LogP contribution in [0, 0.1) is 23.7 Å². The van der Waals surface area contributed by atoms with Crippen molar-refractivity contribution in [2.45, 2.75) is 96.6 Å². The molecule has 0 fully saturated rings. The zero-order valence-corrected chi connectivity index (χ0v) is 22.6. The Labute approximate surface area is 224 Å². The third-order valence-corrected chi connectivity index (χ3v) is 7.44. The van der Waals surface area contributed by atoms with Gasteiger partial charge in [-0.05, 0) is 55.9 Å². The van der Waals surface area contributed by atoms with E-state index in [1.807, 2.05) is 26.0 Å². The minimum atomic E-state index is -1.05. The molecule has 38 heavy (non-hydrogen) atoms. The molecular weight excluding hydrogens is 498 g/mol. The topological polar surface area (TPSA) is 166 Å². The van der Waals surface area contributed by atoms with Crippen LogP contribution in [0.15, 0.2) is 23.8 Å². The van der Waals surface area contributed by atoms with E-state index in [4.69, 9.17) is 19.9 Å².